The summed E-state index contributed by atoms with van der Waals surface area (Å²) in [4.78, 5) is 29.9. The number of benzene rings is 2. The summed E-state index contributed by atoms with van der Waals surface area (Å²) < 4.78 is 23.3. The van der Waals surface area contributed by atoms with Crippen LogP contribution in [0.5, 0.6) is 23.0 Å². The number of Topliss-reactive ketones (excluding diaryl/α,β-unsaturated/α-hetero) is 1. The van der Waals surface area contributed by atoms with Crippen LogP contribution in [-0.4, -0.2) is 78.1 Å². The molecule has 0 radical (unpaired) electrons. The smallest absolute Gasteiger partial charge is 0.375 e. The molecule has 2 saturated heterocycles. The maximum absolute atomic E-state index is 12.8. The van der Waals surface area contributed by atoms with Gasteiger partial charge in [0.15, 0.2) is 23.0 Å². The van der Waals surface area contributed by atoms with Crippen LogP contribution in [0.1, 0.15) is 56.3 Å². The van der Waals surface area contributed by atoms with E-state index >= 15 is 0 Å². The van der Waals surface area contributed by atoms with E-state index in [0.29, 0.717) is 23.7 Å². The molecule has 0 saturated carbocycles. The van der Waals surface area contributed by atoms with E-state index in [1.54, 1.807) is 7.11 Å². The van der Waals surface area contributed by atoms with Crippen LogP contribution in [0.3, 0.4) is 0 Å². The number of aromatic hydroxyl groups is 1. The number of ether oxygens (including phenoxy) is 4. The molecule has 7 rings (SSSR count). The molecule has 10 nitrogen and oxygen atoms in total. The molecule has 0 aromatic heterocycles. The van der Waals surface area contributed by atoms with Gasteiger partial charge < -0.3 is 24.1 Å². The Balaban J connectivity index is 1.55. The number of rotatable bonds is 1. The van der Waals surface area contributed by atoms with Crippen molar-refractivity contribution in [3.63, 3.8) is 0 Å². The van der Waals surface area contributed by atoms with E-state index in [0.717, 1.165) is 38.9 Å². The number of phenolic OH excluding ortho intramolecular Hbond substituents is 1. The number of methoxy groups -OCH3 is 1. The van der Waals surface area contributed by atoms with Crippen molar-refractivity contribution in [3.05, 3.63) is 45.0 Å². The molecular weight excluding hydrogens is 546 g/mol. The quantitative estimate of drug-likeness (QED) is 0.397. The highest BCUT2D eigenvalue weighted by atomic mass is 32.2. The number of carbonyl (C=O) groups excluding carboxylic acids is 2. The van der Waals surface area contributed by atoms with E-state index in [-0.39, 0.29) is 48.3 Å². The third kappa shape index (κ3) is 3.44. The molecule has 0 spiro atoms. The van der Waals surface area contributed by atoms with Crippen LogP contribution in [0.4, 0.5) is 0 Å². The molecule has 1 N–H and O–H groups in total. The molecule has 5 aliphatic heterocycles. The molecule has 6 unspecified atom stereocenters. The number of hydrogen-bond acceptors (Lipinski definition) is 11. The fourth-order valence-electron chi connectivity index (χ4n) is 7.85. The zero-order chi connectivity index (χ0) is 28.9. The molecule has 5 aliphatic rings. The zero-order valence-electron chi connectivity index (χ0n) is 23.5. The van der Waals surface area contributed by atoms with Gasteiger partial charge in [-0.3, -0.25) is 14.6 Å². The summed E-state index contributed by atoms with van der Waals surface area (Å²) >= 11 is 1.38. The van der Waals surface area contributed by atoms with Gasteiger partial charge in [0.05, 0.1) is 31.0 Å². The molecule has 0 aliphatic carbocycles. The molecule has 0 amide bonds. The second-order valence-corrected chi connectivity index (χ2v) is 12.6. The number of ketones is 1. The third-order valence-electron chi connectivity index (χ3n) is 9.68. The first-order valence-electron chi connectivity index (χ1n) is 13.7. The van der Waals surface area contributed by atoms with Gasteiger partial charge in [-0.25, -0.2) is 4.79 Å². The largest absolute Gasteiger partial charge is 0.504 e. The number of nitriles is 1. The fourth-order valence-corrected chi connectivity index (χ4v) is 9.26. The molecule has 4 bridgehead atoms. The minimum atomic E-state index is -0.869. The summed E-state index contributed by atoms with van der Waals surface area (Å²) in [5.41, 5.74) is 6.45. The number of piperazine rings is 1. The number of phenols is 1. The summed E-state index contributed by atoms with van der Waals surface area (Å²) in [5.74, 6) is 0.286. The average Bonchev–Trinajstić information content (AvgIpc) is 3.44. The maximum atomic E-state index is 12.8. The van der Waals surface area contributed by atoms with E-state index in [9.17, 15) is 20.0 Å². The first kappa shape index (κ1) is 26.4. The van der Waals surface area contributed by atoms with Crippen molar-refractivity contribution in [1.82, 2.24) is 9.80 Å². The molecule has 6 atom stereocenters. The van der Waals surface area contributed by atoms with E-state index < -0.39 is 23.8 Å². The Morgan fingerprint density at radius 1 is 1.10 bits per heavy atom. The summed E-state index contributed by atoms with van der Waals surface area (Å²) in [6.45, 7) is 5.92. The first-order chi connectivity index (χ1) is 19.7. The lowest BCUT2D eigenvalue weighted by Crippen LogP contribution is -2.69. The van der Waals surface area contributed by atoms with Gasteiger partial charge in [0.1, 0.15) is 12.6 Å². The van der Waals surface area contributed by atoms with Crippen LogP contribution in [0.2, 0.25) is 0 Å². The Morgan fingerprint density at radius 2 is 1.85 bits per heavy atom. The van der Waals surface area contributed by atoms with Crippen molar-refractivity contribution in [2.45, 2.75) is 62.7 Å². The number of hydrogen-bond donors (Lipinski definition) is 1. The van der Waals surface area contributed by atoms with Gasteiger partial charge in [-0.05, 0) is 62.1 Å². The van der Waals surface area contributed by atoms with Crippen LogP contribution >= 0.6 is 11.8 Å². The predicted octanol–water partition coefficient (Wildman–Crippen LogP) is 3.18. The summed E-state index contributed by atoms with van der Waals surface area (Å²) in [6, 6.07) is 2.67. The van der Waals surface area contributed by atoms with E-state index in [1.165, 1.54) is 11.8 Å². The molecule has 214 valence electrons. The van der Waals surface area contributed by atoms with Crippen molar-refractivity contribution in [2.75, 3.05) is 33.3 Å². The number of likely N-dealkylation sites (N-methyl/N-ethyl adjacent to an activating group) is 1. The molecular formula is C30H31N3O7S. The SMILES string of the molecule is COc1c(C)cc2c(c1O)C1C3C4SCC(=O)C(=O)OCC(c5c6c(c(C)c(C)c54)OCO6)N3C(C#N)C(C2)N1C. The van der Waals surface area contributed by atoms with Crippen LogP contribution in [-0.2, 0) is 20.7 Å². The summed E-state index contributed by atoms with van der Waals surface area (Å²) in [6.07, 6.45) is 0.558. The number of thioether (sulfide) groups is 1. The lowest BCUT2D eigenvalue weighted by atomic mass is 9.71. The monoisotopic (exact) mass is 577 g/mol. The minimum Gasteiger partial charge on any atom is -0.504 e. The predicted molar refractivity (Wildman–Crippen MR) is 148 cm³/mol. The lowest BCUT2D eigenvalue weighted by Gasteiger charge is -2.61. The normalized spacial score (nSPS) is 30.1. The highest BCUT2D eigenvalue weighted by molar-refractivity contribution is 8.00. The Bertz CT molecular complexity index is 1570. The zero-order valence-corrected chi connectivity index (χ0v) is 24.3. The van der Waals surface area contributed by atoms with Crippen LogP contribution in [0.15, 0.2) is 6.07 Å². The number of aryl methyl sites for hydroxylation is 1. The van der Waals surface area contributed by atoms with Gasteiger partial charge in [0, 0.05) is 28.5 Å². The van der Waals surface area contributed by atoms with Gasteiger partial charge in [0.2, 0.25) is 12.6 Å². The Morgan fingerprint density at radius 3 is 2.59 bits per heavy atom. The number of carbonyl (C=O) groups is 2. The van der Waals surface area contributed by atoms with Crippen LogP contribution < -0.4 is 14.2 Å². The average molecular weight is 578 g/mol. The van der Waals surface area contributed by atoms with Crippen molar-refractivity contribution < 1.29 is 33.6 Å². The first-order valence-corrected chi connectivity index (χ1v) is 14.8. The highest BCUT2D eigenvalue weighted by Gasteiger charge is 2.60. The van der Waals surface area contributed by atoms with Gasteiger partial charge in [0.25, 0.3) is 0 Å². The maximum Gasteiger partial charge on any atom is 0.375 e. The Hall–Kier alpha value is -3.46. The molecule has 11 heteroatoms. The van der Waals surface area contributed by atoms with Crippen molar-refractivity contribution in [1.29, 1.82) is 5.26 Å². The van der Waals surface area contributed by atoms with Crippen molar-refractivity contribution in [3.8, 4) is 29.1 Å². The second-order valence-electron chi connectivity index (χ2n) is 11.5. The third-order valence-corrected chi connectivity index (χ3v) is 11.0. The van der Waals surface area contributed by atoms with E-state index in [2.05, 4.69) is 21.9 Å². The fraction of sp³-hybridized carbons (Fsp3) is 0.500. The molecule has 5 heterocycles. The van der Waals surface area contributed by atoms with Crippen molar-refractivity contribution in [2.24, 2.45) is 0 Å². The molecule has 2 fully saturated rings. The van der Waals surface area contributed by atoms with Gasteiger partial charge in [-0.15, -0.1) is 11.8 Å². The highest BCUT2D eigenvalue weighted by Crippen LogP contribution is 2.62. The summed E-state index contributed by atoms with van der Waals surface area (Å²) in [5, 5.41) is 22.1. The number of cyclic esters (lactones) is 1. The van der Waals surface area contributed by atoms with Gasteiger partial charge >= 0.3 is 5.97 Å². The summed E-state index contributed by atoms with van der Waals surface area (Å²) in [7, 11) is 3.56. The van der Waals surface area contributed by atoms with Crippen LogP contribution in [0, 0.1) is 32.1 Å². The van der Waals surface area contributed by atoms with Crippen molar-refractivity contribution >= 4 is 23.5 Å². The van der Waals surface area contributed by atoms with Crippen LogP contribution in [0.25, 0.3) is 0 Å². The number of esters is 1. The molecule has 2 aromatic rings. The second kappa shape index (κ2) is 9.28. The standard InChI is InChI=1S/C30H31N3O7S/c1-12-6-15-7-16-17(8-31)33-18-9-38-30(36)19(34)10-41-29(20-13(2)14(3)27-28(22(18)20)40-11-39-27)24(33)23(32(16)4)21(15)25(35)26(12)37-5/h6,16-18,23-24,29,35H,7,9-11H2,1-5H3. The number of nitrogens with zero attached hydrogens (tertiary/aromatic N) is 3. The Labute approximate surface area is 242 Å². The molecule has 2 aromatic carbocycles. The minimum absolute atomic E-state index is 0.0714. The lowest BCUT2D eigenvalue weighted by molar-refractivity contribution is -0.157. The van der Waals surface area contributed by atoms with E-state index in [1.807, 2.05) is 27.8 Å². The molecule has 41 heavy (non-hydrogen) atoms. The van der Waals surface area contributed by atoms with Gasteiger partial charge in [-0.1, -0.05) is 6.07 Å². The Kier molecular flexibility index (Phi) is 5.98. The van der Waals surface area contributed by atoms with Gasteiger partial charge in [-0.2, -0.15) is 5.26 Å². The van der Waals surface area contributed by atoms with E-state index in [4.69, 9.17) is 18.9 Å². The topological polar surface area (TPSA) is 122 Å². The number of fused-ring (bicyclic) bond motifs is 9.